The number of nitrogens with one attached hydrogen (secondary N) is 1. The Labute approximate surface area is 114 Å². The minimum atomic E-state index is 0.106. The van der Waals surface area contributed by atoms with Crippen LogP contribution in [-0.4, -0.2) is 25.8 Å². The summed E-state index contributed by atoms with van der Waals surface area (Å²) in [6, 6.07) is 0.498. The highest BCUT2D eigenvalue weighted by Crippen LogP contribution is 2.11. The number of methoxy groups -OCH3 is 1. The molecular formula is C16H31NO. The first-order chi connectivity index (χ1) is 8.39. The van der Waals surface area contributed by atoms with E-state index >= 15 is 0 Å². The molecule has 0 aromatic rings. The van der Waals surface area contributed by atoms with Gasteiger partial charge in [-0.2, -0.15) is 0 Å². The smallest absolute Gasteiger partial charge is 0.0543 e. The molecule has 106 valence electrons. The molecule has 2 unspecified atom stereocenters. The molecule has 0 heterocycles. The van der Waals surface area contributed by atoms with Crippen molar-refractivity contribution in [2.24, 2.45) is 5.41 Å². The van der Waals surface area contributed by atoms with Crippen molar-refractivity contribution in [1.29, 1.82) is 0 Å². The van der Waals surface area contributed by atoms with Crippen LogP contribution in [-0.2, 0) is 4.74 Å². The van der Waals surface area contributed by atoms with Gasteiger partial charge in [0.15, 0.2) is 0 Å². The Morgan fingerprint density at radius 1 is 1.22 bits per heavy atom. The van der Waals surface area contributed by atoms with Crippen LogP contribution in [0.3, 0.4) is 0 Å². The lowest BCUT2D eigenvalue weighted by Gasteiger charge is -2.18. The van der Waals surface area contributed by atoms with Crippen LogP contribution in [0.5, 0.6) is 0 Å². The zero-order valence-corrected chi connectivity index (χ0v) is 13.1. The molecule has 0 fully saturated rings. The summed E-state index contributed by atoms with van der Waals surface area (Å²) in [5, 5.41) is 3.58. The first kappa shape index (κ1) is 17.5. The van der Waals surface area contributed by atoms with Crippen molar-refractivity contribution in [2.75, 3.05) is 13.7 Å². The molecule has 2 nitrogen and oxygen atoms in total. The number of hydrogen-bond donors (Lipinski definition) is 1. The molecule has 18 heavy (non-hydrogen) atoms. The molecule has 1 N–H and O–H groups in total. The monoisotopic (exact) mass is 253 g/mol. The summed E-state index contributed by atoms with van der Waals surface area (Å²) in [7, 11) is 1.78. The van der Waals surface area contributed by atoms with Crippen molar-refractivity contribution in [3.63, 3.8) is 0 Å². The van der Waals surface area contributed by atoms with Gasteiger partial charge >= 0.3 is 0 Å². The predicted molar refractivity (Wildman–Crippen MR) is 79.6 cm³/mol. The molecule has 0 spiro atoms. The van der Waals surface area contributed by atoms with Gasteiger partial charge in [0.1, 0.15) is 0 Å². The summed E-state index contributed by atoms with van der Waals surface area (Å²) >= 11 is 0. The standard InChI is InChI=1S/C16H31NO/c1-7-13-17-15(11-10-14(2)18-6)9-8-12-16(3,4)5/h14-15,17H,7,9-11,13H2,1-6H3. The maximum Gasteiger partial charge on any atom is 0.0543 e. The second-order valence-electron chi connectivity index (χ2n) is 6.03. The van der Waals surface area contributed by atoms with Crippen LogP contribution in [0.1, 0.15) is 60.3 Å². The van der Waals surface area contributed by atoms with Crippen LogP contribution in [0.25, 0.3) is 0 Å². The van der Waals surface area contributed by atoms with Gasteiger partial charge in [-0.3, -0.25) is 0 Å². The van der Waals surface area contributed by atoms with E-state index in [1.165, 1.54) is 6.42 Å². The minimum absolute atomic E-state index is 0.106. The highest BCUT2D eigenvalue weighted by atomic mass is 16.5. The van der Waals surface area contributed by atoms with Gasteiger partial charge in [-0.05, 0) is 53.5 Å². The van der Waals surface area contributed by atoms with Gasteiger partial charge in [-0.25, -0.2) is 0 Å². The lowest BCUT2D eigenvalue weighted by Crippen LogP contribution is -2.30. The molecule has 0 aliphatic rings. The largest absolute Gasteiger partial charge is 0.382 e. The third kappa shape index (κ3) is 10.6. The molecule has 0 bridgehead atoms. The SMILES string of the molecule is CCCNC(CC#CC(C)(C)C)CCC(C)OC. The number of rotatable bonds is 8. The zero-order valence-electron chi connectivity index (χ0n) is 13.1. The first-order valence-electron chi connectivity index (χ1n) is 7.15. The Morgan fingerprint density at radius 2 is 1.89 bits per heavy atom. The van der Waals surface area contributed by atoms with E-state index in [2.05, 4.69) is 51.8 Å². The molecule has 0 aliphatic heterocycles. The van der Waals surface area contributed by atoms with Crippen molar-refractivity contribution < 1.29 is 4.74 Å². The molecule has 0 rings (SSSR count). The molecule has 0 saturated heterocycles. The van der Waals surface area contributed by atoms with E-state index in [1.54, 1.807) is 7.11 Å². The quantitative estimate of drug-likeness (QED) is 0.667. The van der Waals surface area contributed by atoms with E-state index < -0.39 is 0 Å². The highest BCUT2D eigenvalue weighted by molar-refractivity contribution is 5.08. The van der Waals surface area contributed by atoms with Gasteiger partial charge in [0.05, 0.1) is 6.10 Å². The number of hydrogen-bond acceptors (Lipinski definition) is 2. The van der Waals surface area contributed by atoms with Crippen LogP contribution in [0.4, 0.5) is 0 Å². The van der Waals surface area contributed by atoms with Gasteiger partial charge in [0, 0.05) is 25.0 Å². The first-order valence-corrected chi connectivity index (χ1v) is 7.15. The van der Waals surface area contributed by atoms with Gasteiger partial charge in [-0.1, -0.05) is 12.8 Å². The van der Waals surface area contributed by atoms with E-state index in [9.17, 15) is 0 Å². The predicted octanol–water partition coefficient (Wildman–Crippen LogP) is 3.61. The second-order valence-corrected chi connectivity index (χ2v) is 6.03. The fourth-order valence-electron chi connectivity index (χ4n) is 1.62. The topological polar surface area (TPSA) is 21.3 Å². The van der Waals surface area contributed by atoms with Gasteiger partial charge in [-0.15, -0.1) is 5.92 Å². The molecule has 2 heteroatoms. The van der Waals surface area contributed by atoms with Gasteiger partial charge < -0.3 is 10.1 Å². The normalized spacial score (nSPS) is 14.8. The molecule has 0 radical (unpaired) electrons. The summed E-state index contributed by atoms with van der Waals surface area (Å²) < 4.78 is 5.30. The van der Waals surface area contributed by atoms with Crippen LogP contribution < -0.4 is 5.32 Å². The zero-order chi connectivity index (χ0) is 14.0. The van der Waals surface area contributed by atoms with Crippen molar-refractivity contribution in [3.05, 3.63) is 0 Å². The lowest BCUT2D eigenvalue weighted by atomic mass is 9.97. The summed E-state index contributed by atoms with van der Waals surface area (Å²) in [5.74, 6) is 6.63. The van der Waals surface area contributed by atoms with Crippen LogP contribution in [0.15, 0.2) is 0 Å². The van der Waals surface area contributed by atoms with E-state index in [0.717, 1.165) is 25.8 Å². The minimum Gasteiger partial charge on any atom is -0.382 e. The third-order valence-corrected chi connectivity index (χ3v) is 2.82. The maximum absolute atomic E-state index is 5.30. The molecule has 0 aromatic heterocycles. The van der Waals surface area contributed by atoms with Crippen LogP contribution in [0.2, 0.25) is 0 Å². The Kier molecular flexibility index (Phi) is 9.14. The van der Waals surface area contributed by atoms with Crippen LogP contribution >= 0.6 is 0 Å². The summed E-state index contributed by atoms with van der Waals surface area (Å²) in [6.07, 6.45) is 4.67. The lowest BCUT2D eigenvalue weighted by molar-refractivity contribution is 0.106. The number of ether oxygens (including phenoxy) is 1. The van der Waals surface area contributed by atoms with E-state index in [-0.39, 0.29) is 5.41 Å². The molecule has 0 amide bonds. The fourth-order valence-corrected chi connectivity index (χ4v) is 1.62. The average molecular weight is 253 g/mol. The Morgan fingerprint density at radius 3 is 2.39 bits per heavy atom. The Hall–Kier alpha value is -0.520. The van der Waals surface area contributed by atoms with Crippen molar-refractivity contribution >= 4 is 0 Å². The highest BCUT2D eigenvalue weighted by Gasteiger charge is 2.09. The molecule has 0 aliphatic carbocycles. The molecular weight excluding hydrogens is 222 g/mol. The van der Waals surface area contributed by atoms with Crippen LogP contribution in [0, 0.1) is 17.3 Å². The Bertz CT molecular complexity index is 256. The maximum atomic E-state index is 5.30. The fraction of sp³-hybridized carbons (Fsp3) is 0.875. The Balaban J connectivity index is 4.16. The van der Waals surface area contributed by atoms with Crippen molar-refractivity contribution in [3.8, 4) is 11.8 Å². The average Bonchev–Trinajstić information content (AvgIpc) is 2.29. The van der Waals surface area contributed by atoms with Gasteiger partial charge in [0.25, 0.3) is 0 Å². The summed E-state index contributed by atoms with van der Waals surface area (Å²) in [4.78, 5) is 0. The van der Waals surface area contributed by atoms with E-state index in [1.807, 2.05) is 0 Å². The second kappa shape index (κ2) is 9.42. The van der Waals surface area contributed by atoms with Crippen molar-refractivity contribution in [1.82, 2.24) is 5.32 Å². The molecule has 0 aromatic carbocycles. The molecule has 0 saturated carbocycles. The van der Waals surface area contributed by atoms with Crippen molar-refractivity contribution in [2.45, 2.75) is 72.4 Å². The van der Waals surface area contributed by atoms with E-state index in [4.69, 9.17) is 4.74 Å². The van der Waals surface area contributed by atoms with E-state index in [0.29, 0.717) is 12.1 Å². The summed E-state index contributed by atoms with van der Waals surface area (Å²) in [5.41, 5.74) is 0.106. The third-order valence-electron chi connectivity index (χ3n) is 2.82. The molecule has 2 atom stereocenters. The summed E-state index contributed by atoms with van der Waals surface area (Å²) in [6.45, 7) is 11.9. The van der Waals surface area contributed by atoms with Gasteiger partial charge in [0.2, 0.25) is 0 Å².